The fourth-order valence-electron chi connectivity index (χ4n) is 4.34. The van der Waals surface area contributed by atoms with Crippen LogP contribution in [0, 0.1) is 0 Å². The average Bonchev–Trinajstić information content (AvgIpc) is 3.17. The number of methoxy groups -OCH3 is 2. The summed E-state index contributed by atoms with van der Waals surface area (Å²) < 4.78 is 19.9. The molecule has 7 nitrogen and oxygen atoms in total. The molecule has 0 amide bonds. The first-order chi connectivity index (χ1) is 18.2. The van der Waals surface area contributed by atoms with Crippen LogP contribution < -0.4 is 24.4 Å². The van der Waals surface area contributed by atoms with Crippen LogP contribution in [0.3, 0.4) is 0 Å². The van der Waals surface area contributed by atoms with Crippen molar-refractivity contribution in [3.8, 4) is 11.5 Å². The van der Waals surface area contributed by atoms with E-state index in [4.69, 9.17) is 30.8 Å². The molecule has 3 aromatic rings. The maximum absolute atomic E-state index is 14.0. The highest BCUT2D eigenvalue weighted by atomic mass is 79.9. The van der Waals surface area contributed by atoms with Gasteiger partial charge in [-0.2, -0.15) is 0 Å². The lowest BCUT2D eigenvalue weighted by Crippen LogP contribution is -2.40. The zero-order chi connectivity index (χ0) is 27.6. The number of rotatable bonds is 8. The Balaban J connectivity index is 2.04. The number of carbonyl (C=O) groups excluding carboxylic acids is 1. The Labute approximate surface area is 245 Å². The number of halogens is 3. The van der Waals surface area contributed by atoms with Crippen molar-refractivity contribution in [1.82, 2.24) is 4.57 Å². The summed E-state index contributed by atoms with van der Waals surface area (Å²) >= 11 is 14.7. The van der Waals surface area contributed by atoms with Gasteiger partial charge in [0.2, 0.25) is 0 Å². The lowest BCUT2D eigenvalue weighted by molar-refractivity contribution is -0.139. The maximum atomic E-state index is 14.0. The van der Waals surface area contributed by atoms with E-state index in [-0.39, 0.29) is 12.2 Å². The Kier molecular flexibility index (Phi) is 9.18. The molecule has 11 heteroatoms. The van der Waals surface area contributed by atoms with E-state index in [0.29, 0.717) is 49.1 Å². The molecule has 38 heavy (non-hydrogen) atoms. The Morgan fingerprint density at radius 2 is 1.87 bits per heavy atom. The van der Waals surface area contributed by atoms with Crippen molar-refractivity contribution in [2.45, 2.75) is 32.7 Å². The summed E-state index contributed by atoms with van der Waals surface area (Å²) in [7, 11) is 3.12. The first kappa shape index (κ1) is 28.6. The number of esters is 1. The van der Waals surface area contributed by atoms with Crippen LogP contribution in [0.5, 0.6) is 11.5 Å². The molecule has 0 N–H and O–H groups in total. The smallest absolute Gasteiger partial charge is 0.338 e. The Hall–Kier alpha value is -2.40. The molecule has 0 saturated heterocycles. The second-order valence-corrected chi connectivity index (χ2v) is 11.5. The van der Waals surface area contributed by atoms with E-state index in [1.807, 2.05) is 19.1 Å². The van der Waals surface area contributed by atoms with E-state index < -0.39 is 12.0 Å². The minimum absolute atomic E-state index is 0.187. The van der Waals surface area contributed by atoms with Crippen molar-refractivity contribution >= 4 is 66.8 Å². The van der Waals surface area contributed by atoms with E-state index in [2.05, 4.69) is 31.9 Å². The van der Waals surface area contributed by atoms with Crippen molar-refractivity contribution in [2.24, 2.45) is 4.99 Å². The number of aromatic nitrogens is 1. The Morgan fingerprint density at radius 1 is 1.16 bits per heavy atom. The molecule has 0 fully saturated rings. The minimum Gasteiger partial charge on any atom is -0.496 e. The van der Waals surface area contributed by atoms with Crippen LogP contribution in [0.1, 0.15) is 43.9 Å². The van der Waals surface area contributed by atoms with Crippen LogP contribution in [0.25, 0.3) is 6.08 Å². The van der Waals surface area contributed by atoms with Gasteiger partial charge in [-0.05, 0) is 87.2 Å². The van der Waals surface area contributed by atoms with Crippen LogP contribution >= 0.6 is 54.8 Å². The molecule has 0 saturated carbocycles. The van der Waals surface area contributed by atoms with Gasteiger partial charge in [-0.1, -0.05) is 36.3 Å². The molecule has 2 aromatic carbocycles. The van der Waals surface area contributed by atoms with Gasteiger partial charge in [0.05, 0.1) is 45.6 Å². The standard InChI is InChI=1S/C27H25Br2ClN2O5S/c1-5-7-19-22(26(34)37-6-2)23(16-13-15(30)8-9-20(16)35-3)32-25(33)21(38-27(32)31-19)12-14-10-17(28)24(36-4)18(29)11-14/h8-13,23H,5-7H2,1-4H3/b21-12+/t23-/m0/s1. The third kappa shape index (κ3) is 5.50. The minimum atomic E-state index is -0.822. The van der Waals surface area contributed by atoms with Crippen LogP contribution in [-0.4, -0.2) is 31.4 Å². The zero-order valence-electron chi connectivity index (χ0n) is 21.1. The van der Waals surface area contributed by atoms with Crippen molar-refractivity contribution in [2.75, 3.05) is 20.8 Å². The molecule has 1 aromatic heterocycles. The number of carbonyl (C=O) groups is 1. The van der Waals surface area contributed by atoms with E-state index in [0.717, 1.165) is 20.9 Å². The zero-order valence-corrected chi connectivity index (χ0v) is 25.9. The average molecular weight is 685 g/mol. The number of fused-ring (bicyclic) bond motifs is 1. The fourth-order valence-corrected chi connectivity index (χ4v) is 7.09. The van der Waals surface area contributed by atoms with Gasteiger partial charge in [-0.3, -0.25) is 9.36 Å². The van der Waals surface area contributed by atoms with Crippen LogP contribution in [-0.2, 0) is 9.53 Å². The van der Waals surface area contributed by atoms with Crippen molar-refractivity contribution in [1.29, 1.82) is 0 Å². The molecule has 1 aliphatic rings. The summed E-state index contributed by atoms with van der Waals surface area (Å²) in [5, 5.41) is 0.452. The van der Waals surface area contributed by atoms with Gasteiger partial charge in [0.1, 0.15) is 17.5 Å². The van der Waals surface area contributed by atoms with E-state index >= 15 is 0 Å². The Morgan fingerprint density at radius 3 is 2.47 bits per heavy atom. The third-order valence-corrected chi connectivity index (χ3v) is 8.30. The predicted molar refractivity (Wildman–Crippen MR) is 156 cm³/mol. The second kappa shape index (κ2) is 12.2. The number of nitrogens with zero attached hydrogens (tertiary/aromatic N) is 2. The number of hydrogen-bond donors (Lipinski definition) is 0. The van der Waals surface area contributed by atoms with Crippen LogP contribution in [0.2, 0.25) is 5.02 Å². The number of thiazole rings is 1. The van der Waals surface area contributed by atoms with E-state index in [9.17, 15) is 9.59 Å². The molecule has 1 atom stereocenters. The second-order valence-electron chi connectivity index (χ2n) is 8.32. The molecule has 0 aliphatic carbocycles. The summed E-state index contributed by atoms with van der Waals surface area (Å²) in [5.74, 6) is 0.625. The highest BCUT2D eigenvalue weighted by Gasteiger charge is 2.36. The molecule has 0 unspecified atom stereocenters. The van der Waals surface area contributed by atoms with Crippen LogP contribution in [0.15, 0.2) is 60.3 Å². The number of benzene rings is 2. The maximum Gasteiger partial charge on any atom is 0.338 e. The lowest BCUT2D eigenvalue weighted by Gasteiger charge is -2.27. The molecular weight excluding hydrogens is 660 g/mol. The fraction of sp³-hybridized carbons (Fsp3) is 0.296. The highest BCUT2D eigenvalue weighted by molar-refractivity contribution is 9.11. The summed E-state index contributed by atoms with van der Waals surface area (Å²) in [5.41, 5.74) is 1.96. The summed E-state index contributed by atoms with van der Waals surface area (Å²) in [6.45, 7) is 3.94. The van der Waals surface area contributed by atoms with Gasteiger partial charge >= 0.3 is 5.97 Å². The van der Waals surface area contributed by atoms with Crippen molar-refractivity contribution < 1.29 is 19.0 Å². The largest absolute Gasteiger partial charge is 0.496 e. The topological polar surface area (TPSA) is 79.1 Å². The number of ether oxygens (including phenoxy) is 3. The van der Waals surface area contributed by atoms with Gasteiger partial charge < -0.3 is 14.2 Å². The number of hydrogen-bond acceptors (Lipinski definition) is 7. The number of allylic oxidation sites excluding steroid dienone is 1. The van der Waals surface area contributed by atoms with Gasteiger partial charge in [0.25, 0.3) is 5.56 Å². The monoisotopic (exact) mass is 682 g/mol. The first-order valence-electron chi connectivity index (χ1n) is 11.8. The van der Waals surface area contributed by atoms with Gasteiger partial charge in [0, 0.05) is 10.6 Å². The Bertz CT molecular complexity index is 1590. The summed E-state index contributed by atoms with van der Waals surface area (Å²) in [6, 6.07) is 8.05. The first-order valence-corrected chi connectivity index (χ1v) is 14.6. The third-order valence-electron chi connectivity index (χ3n) is 5.90. The van der Waals surface area contributed by atoms with Crippen molar-refractivity contribution in [3.05, 3.63) is 86.4 Å². The van der Waals surface area contributed by atoms with Crippen molar-refractivity contribution in [3.63, 3.8) is 0 Å². The molecule has 4 rings (SSSR count). The van der Waals surface area contributed by atoms with E-state index in [1.165, 1.54) is 23.0 Å². The van der Waals surface area contributed by atoms with E-state index in [1.54, 1.807) is 38.3 Å². The van der Waals surface area contributed by atoms with Crippen LogP contribution in [0.4, 0.5) is 0 Å². The normalized spacial score (nSPS) is 15.2. The summed E-state index contributed by atoms with van der Waals surface area (Å²) in [6.07, 6.45) is 3.08. The van der Waals surface area contributed by atoms with Gasteiger partial charge in [-0.25, -0.2) is 9.79 Å². The molecule has 1 aliphatic heterocycles. The molecule has 0 spiro atoms. The molecule has 0 bridgehead atoms. The predicted octanol–water partition coefficient (Wildman–Crippen LogP) is 5.77. The molecule has 2 heterocycles. The molecular formula is C27H25Br2ClN2O5S. The van der Waals surface area contributed by atoms with Gasteiger partial charge in [-0.15, -0.1) is 0 Å². The SMILES string of the molecule is CCCC1=C(C(=O)OCC)[C@H](c2cc(Cl)ccc2OC)n2c(s/c(=C/c3cc(Br)c(OC)c(Br)c3)c2=O)=N1. The highest BCUT2D eigenvalue weighted by Crippen LogP contribution is 2.38. The lowest BCUT2D eigenvalue weighted by atomic mass is 9.93. The summed E-state index contributed by atoms with van der Waals surface area (Å²) in [4.78, 5) is 32.6. The quantitative estimate of drug-likeness (QED) is 0.282. The molecule has 0 radical (unpaired) electrons. The van der Waals surface area contributed by atoms with Gasteiger partial charge in [0.15, 0.2) is 4.80 Å². The molecule has 200 valence electrons.